The highest BCUT2D eigenvalue weighted by atomic mass is 16.5. The average Bonchev–Trinajstić information content (AvgIpc) is 2.60. The van der Waals surface area contributed by atoms with Gasteiger partial charge in [-0.05, 0) is 31.2 Å². The Labute approximate surface area is 138 Å². The lowest BCUT2D eigenvalue weighted by atomic mass is 10.1. The summed E-state index contributed by atoms with van der Waals surface area (Å²) in [7, 11) is 4.62. The highest BCUT2D eigenvalue weighted by molar-refractivity contribution is 5.69. The van der Waals surface area contributed by atoms with Crippen molar-refractivity contribution in [3.05, 3.63) is 56.6 Å². The van der Waals surface area contributed by atoms with E-state index in [4.69, 9.17) is 14.2 Å². The Hall–Kier alpha value is -2.96. The second-order valence-electron chi connectivity index (χ2n) is 5.50. The van der Waals surface area contributed by atoms with Crippen LogP contribution in [0.25, 0.3) is 5.57 Å². The number of benzene rings is 1. The number of methoxy groups -OCH3 is 1. The summed E-state index contributed by atoms with van der Waals surface area (Å²) in [5.74, 6) is 2.06. The Bertz CT molecular complexity index is 935. The summed E-state index contributed by atoms with van der Waals surface area (Å²) in [5, 5.41) is 0. The first-order valence-corrected chi connectivity index (χ1v) is 7.39. The molecule has 0 aliphatic carbocycles. The van der Waals surface area contributed by atoms with Crippen LogP contribution >= 0.6 is 0 Å². The molecule has 0 fully saturated rings. The van der Waals surface area contributed by atoms with Gasteiger partial charge in [-0.1, -0.05) is 0 Å². The smallest absolute Gasteiger partial charge is 0.331 e. The second-order valence-corrected chi connectivity index (χ2v) is 5.50. The van der Waals surface area contributed by atoms with Crippen LogP contribution in [0.5, 0.6) is 17.2 Å². The number of ether oxygens (including phenoxy) is 3. The summed E-state index contributed by atoms with van der Waals surface area (Å²) < 4.78 is 19.0. The van der Waals surface area contributed by atoms with Crippen LogP contribution in [0.15, 0.2) is 39.6 Å². The first kappa shape index (κ1) is 15.9. The van der Waals surface area contributed by atoms with E-state index in [2.05, 4.69) is 0 Å². The van der Waals surface area contributed by atoms with Gasteiger partial charge in [-0.2, -0.15) is 0 Å². The number of allylic oxidation sites excluding steroid dienone is 1. The number of rotatable bonds is 3. The molecule has 1 aromatic carbocycles. The summed E-state index contributed by atoms with van der Waals surface area (Å²) in [5.41, 5.74) is 0.283. The van der Waals surface area contributed by atoms with Gasteiger partial charge in [0.05, 0.1) is 12.8 Å². The predicted octanol–water partition coefficient (Wildman–Crippen LogP) is 1.29. The molecule has 0 N–H and O–H groups in total. The van der Waals surface area contributed by atoms with Crippen molar-refractivity contribution in [2.75, 3.05) is 13.7 Å². The monoisotopic (exact) mass is 330 g/mol. The van der Waals surface area contributed by atoms with Gasteiger partial charge in [0.15, 0.2) is 0 Å². The first-order valence-electron chi connectivity index (χ1n) is 7.39. The maximum Gasteiger partial charge on any atom is 0.331 e. The number of nitrogens with zero attached hydrogens (tertiary/aromatic N) is 2. The number of hydrogen-bond acceptors (Lipinski definition) is 5. The SMILES string of the molecule is COc1ccc(OC2=C(C)c3c(c(=O)n(C)c(=O)n3C)OC2)cc1. The van der Waals surface area contributed by atoms with Crippen molar-refractivity contribution in [2.24, 2.45) is 14.1 Å². The van der Waals surface area contributed by atoms with Crippen molar-refractivity contribution < 1.29 is 14.2 Å². The van der Waals surface area contributed by atoms with Gasteiger partial charge in [0, 0.05) is 19.7 Å². The lowest BCUT2D eigenvalue weighted by Gasteiger charge is -2.23. The summed E-state index contributed by atoms with van der Waals surface area (Å²) in [6.07, 6.45) is 0. The quantitative estimate of drug-likeness (QED) is 0.848. The minimum atomic E-state index is -0.448. The third kappa shape index (κ3) is 2.47. The molecule has 0 radical (unpaired) electrons. The molecule has 0 saturated carbocycles. The van der Waals surface area contributed by atoms with E-state index < -0.39 is 11.2 Å². The molecule has 2 aromatic rings. The van der Waals surface area contributed by atoms with Crippen molar-refractivity contribution in [3.63, 3.8) is 0 Å². The molecule has 7 nitrogen and oxygen atoms in total. The number of aromatic nitrogens is 2. The van der Waals surface area contributed by atoms with Gasteiger partial charge < -0.3 is 14.2 Å². The Balaban J connectivity index is 2.05. The highest BCUT2D eigenvalue weighted by Gasteiger charge is 2.26. The predicted molar refractivity (Wildman–Crippen MR) is 88.6 cm³/mol. The molecule has 0 unspecified atom stereocenters. The minimum Gasteiger partial charge on any atom is -0.497 e. The van der Waals surface area contributed by atoms with E-state index in [1.165, 1.54) is 11.6 Å². The molecule has 0 atom stereocenters. The van der Waals surface area contributed by atoms with Gasteiger partial charge >= 0.3 is 5.69 Å². The van der Waals surface area contributed by atoms with E-state index in [-0.39, 0.29) is 12.4 Å². The van der Waals surface area contributed by atoms with E-state index in [1.54, 1.807) is 45.3 Å². The van der Waals surface area contributed by atoms with E-state index in [9.17, 15) is 9.59 Å². The molecular weight excluding hydrogens is 312 g/mol. The van der Waals surface area contributed by atoms with Crippen molar-refractivity contribution in [1.29, 1.82) is 0 Å². The van der Waals surface area contributed by atoms with Crippen LogP contribution in [0.2, 0.25) is 0 Å². The molecule has 7 heteroatoms. The zero-order valence-electron chi connectivity index (χ0n) is 14.0. The van der Waals surface area contributed by atoms with Crippen LogP contribution in [0.4, 0.5) is 0 Å². The summed E-state index contributed by atoms with van der Waals surface area (Å²) >= 11 is 0. The molecule has 1 aliphatic heterocycles. The molecule has 0 spiro atoms. The van der Waals surface area contributed by atoms with Gasteiger partial charge in [-0.25, -0.2) is 4.79 Å². The van der Waals surface area contributed by atoms with Crippen molar-refractivity contribution in [1.82, 2.24) is 9.13 Å². The Kier molecular flexibility index (Phi) is 3.92. The highest BCUT2D eigenvalue weighted by Crippen LogP contribution is 2.30. The van der Waals surface area contributed by atoms with E-state index in [0.29, 0.717) is 22.8 Å². The topological polar surface area (TPSA) is 71.7 Å². The third-order valence-electron chi connectivity index (χ3n) is 4.04. The number of hydrogen-bond donors (Lipinski definition) is 0. The molecule has 1 aliphatic rings. The normalized spacial score (nSPS) is 13.3. The van der Waals surface area contributed by atoms with Crippen LogP contribution in [-0.4, -0.2) is 22.9 Å². The zero-order chi connectivity index (χ0) is 17.4. The summed E-state index contributed by atoms with van der Waals surface area (Å²) in [6.45, 7) is 1.93. The van der Waals surface area contributed by atoms with E-state index in [0.717, 1.165) is 10.3 Å². The maximum atomic E-state index is 12.2. The largest absolute Gasteiger partial charge is 0.497 e. The Morgan fingerprint density at radius 2 is 1.67 bits per heavy atom. The van der Waals surface area contributed by atoms with E-state index >= 15 is 0 Å². The molecule has 0 saturated heterocycles. The Morgan fingerprint density at radius 3 is 2.29 bits per heavy atom. The molecule has 3 rings (SSSR count). The number of fused-ring (bicyclic) bond motifs is 1. The van der Waals surface area contributed by atoms with Gasteiger partial charge in [-0.3, -0.25) is 13.9 Å². The van der Waals surface area contributed by atoms with Crippen LogP contribution in [-0.2, 0) is 14.1 Å². The lowest BCUT2D eigenvalue weighted by molar-refractivity contribution is 0.265. The average molecular weight is 330 g/mol. The molecule has 126 valence electrons. The summed E-state index contributed by atoms with van der Waals surface area (Å²) in [4.78, 5) is 24.4. The Morgan fingerprint density at radius 1 is 1.04 bits per heavy atom. The fourth-order valence-corrected chi connectivity index (χ4v) is 2.64. The maximum absolute atomic E-state index is 12.2. The zero-order valence-corrected chi connectivity index (χ0v) is 14.0. The van der Waals surface area contributed by atoms with Crippen molar-refractivity contribution in [2.45, 2.75) is 6.92 Å². The molecule has 24 heavy (non-hydrogen) atoms. The van der Waals surface area contributed by atoms with Crippen molar-refractivity contribution >= 4 is 5.57 Å². The van der Waals surface area contributed by atoms with Gasteiger partial charge in [0.1, 0.15) is 23.9 Å². The van der Waals surface area contributed by atoms with Gasteiger partial charge in [-0.15, -0.1) is 0 Å². The van der Waals surface area contributed by atoms with E-state index in [1.807, 2.05) is 0 Å². The molecule has 2 heterocycles. The van der Waals surface area contributed by atoms with Crippen LogP contribution < -0.4 is 25.5 Å². The lowest BCUT2D eigenvalue weighted by Crippen LogP contribution is -2.40. The minimum absolute atomic E-state index is 0.123. The van der Waals surface area contributed by atoms with Crippen molar-refractivity contribution in [3.8, 4) is 17.2 Å². The third-order valence-corrected chi connectivity index (χ3v) is 4.04. The standard InChI is InChI=1S/C17H18N2O5/c1-10-13(24-12-7-5-11(22-4)6-8-12)9-23-15-14(10)18(2)17(21)19(3)16(15)20/h5-8H,9H2,1-4H3. The summed E-state index contributed by atoms with van der Waals surface area (Å²) in [6, 6.07) is 7.12. The fraction of sp³-hybridized carbons (Fsp3) is 0.294. The molecular formula is C17H18N2O5. The van der Waals surface area contributed by atoms with Crippen LogP contribution in [0.3, 0.4) is 0 Å². The van der Waals surface area contributed by atoms with Gasteiger partial charge in [0.2, 0.25) is 5.75 Å². The second kappa shape index (κ2) is 5.92. The molecule has 1 aromatic heterocycles. The molecule has 0 bridgehead atoms. The first-order chi connectivity index (χ1) is 11.4. The molecule has 0 amide bonds. The van der Waals surface area contributed by atoms with Crippen LogP contribution in [0.1, 0.15) is 12.6 Å². The van der Waals surface area contributed by atoms with Gasteiger partial charge in [0.25, 0.3) is 5.56 Å². The fourth-order valence-electron chi connectivity index (χ4n) is 2.64. The van der Waals surface area contributed by atoms with Crippen LogP contribution in [0, 0.1) is 0 Å².